The van der Waals surface area contributed by atoms with E-state index in [1.165, 1.54) is 11.8 Å². The molecule has 12 nitrogen and oxygen atoms in total. The first-order valence-corrected chi connectivity index (χ1v) is 16.8. The zero-order valence-corrected chi connectivity index (χ0v) is 28.2. The number of aromatic nitrogens is 3. The molecule has 0 fully saturated rings. The topological polar surface area (TPSA) is 151 Å². The summed E-state index contributed by atoms with van der Waals surface area (Å²) in [4.78, 5) is 51.5. The number of nitrogens with zero attached hydrogens (tertiary/aromatic N) is 3. The maximum atomic E-state index is 13.4. The van der Waals surface area contributed by atoms with Crippen molar-refractivity contribution in [3.05, 3.63) is 88.1 Å². The number of carbonyl (C=O) groups is 4. The third-order valence-corrected chi connectivity index (χ3v) is 9.06. The van der Waals surface area contributed by atoms with Crippen LogP contribution in [0.1, 0.15) is 57.8 Å². The SMILES string of the molecule is CCOC(=O)c1sc(NC(=O)[C@@H](C)Sc2nnc(CNC(=O)COc3ccccc3)n2CCc2ccccc2)c(C(=O)OCC)c1C. The number of hydrogen-bond donors (Lipinski definition) is 2. The smallest absolute Gasteiger partial charge is 0.348 e. The van der Waals surface area contributed by atoms with Gasteiger partial charge < -0.3 is 29.4 Å². The van der Waals surface area contributed by atoms with E-state index in [0.29, 0.717) is 35.3 Å². The van der Waals surface area contributed by atoms with Gasteiger partial charge in [0.15, 0.2) is 17.6 Å². The summed E-state index contributed by atoms with van der Waals surface area (Å²) >= 11 is 2.15. The van der Waals surface area contributed by atoms with Crippen molar-refractivity contribution in [3.63, 3.8) is 0 Å². The highest BCUT2D eigenvalue weighted by Crippen LogP contribution is 2.35. The van der Waals surface area contributed by atoms with E-state index < -0.39 is 23.1 Å². The van der Waals surface area contributed by atoms with Crippen LogP contribution in [0.15, 0.2) is 65.8 Å². The van der Waals surface area contributed by atoms with Gasteiger partial charge in [0.1, 0.15) is 15.6 Å². The predicted octanol–water partition coefficient (Wildman–Crippen LogP) is 5.06. The van der Waals surface area contributed by atoms with Crippen LogP contribution >= 0.6 is 23.1 Å². The molecule has 0 saturated heterocycles. The average Bonchev–Trinajstić information content (AvgIpc) is 3.61. The summed E-state index contributed by atoms with van der Waals surface area (Å²) in [5, 5.41) is 14.3. The number of anilines is 1. The van der Waals surface area contributed by atoms with Crippen molar-refractivity contribution >= 4 is 51.9 Å². The third kappa shape index (κ3) is 9.66. The van der Waals surface area contributed by atoms with E-state index in [9.17, 15) is 19.2 Å². The van der Waals surface area contributed by atoms with Crippen molar-refractivity contribution in [2.45, 2.75) is 57.6 Å². The van der Waals surface area contributed by atoms with Crippen LogP contribution in [-0.2, 0) is 38.6 Å². The number of benzene rings is 2. The lowest BCUT2D eigenvalue weighted by Gasteiger charge is -2.14. The van der Waals surface area contributed by atoms with Gasteiger partial charge in [0.2, 0.25) is 5.91 Å². The maximum absolute atomic E-state index is 13.4. The molecule has 14 heteroatoms. The zero-order valence-electron chi connectivity index (χ0n) is 26.6. The number of nitrogens with one attached hydrogen (secondary N) is 2. The monoisotopic (exact) mass is 679 g/mol. The van der Waals surface area contributed by atoms with E-state index in [4.69, 9.17) is 14.2 Å². The van der Waals surface area contributed by atoms with Gasteiger partial charge in [-0.25, -0.2) is 9.59 Å². The van der Waals surface area contributed by atoms with Crippen LogP contribution < -0.4 is 15.4 Å². The number of hydrogen-bond acceptors (Lipinski definition) is 11. The number of amides is 2. The minimum absolute atomic E-state index is 0.105. The molecule has 47 heavy (non-hydrogen) atoms. The number of aryl methyl sites for hydroxylation is 1. The Hall–Kier alpha value is -4.69. The van der Waals surface area contributed by atoms with Crippen molar-refractivity contribution in [2.24, 2.45) is 0 Å². The van der Waals surface area contributed by atoms with E-state index in [1.807, 2.05) is 53.1 Å². The summed E-state index contributed by atoms with van der Waals surface area (Å²) < 4.78 is 17.7. The summed E-state index contributed by atoms with van der Waals surface area (Å²) in [6.45, 7) is 7.42. The Morgan fingerprint density at radius 3 is 2.28 bits per heavy atom. The van der Waals surface area contributed by atoms with Crippen LogP contribution in [0.2, 0.25) is 0 Å². The van der Waals surface area contributed by atoms with Crippen LogP contribution in [0.4, 0.5) is 5.00 Å². The summed E-state index contributed by atoms with van der Waals surface area (Å²) in [5.41, 5.74) is 1.60. The molecule has 0 saturated carbocycles. The van der Waals surface area contributed by atoms with Gasteiger partial charge in [-0.3, -0.25) is 9.59 Å². The molecule has 0 aliphatic rings. The molecule has 2 aromatic carbocycles. The van der Waals surface area contributed by atoms with E-state index in [1.54, 1.807) is 39.8 Å². The molecule has 0 bridgehead atoms. The van der Waals surface area contributed by atoms with Gasteiger partial charge in [0, 0.05) is 6.54 Å². The van der Waals surface area contributed by atoms with Crippen LogP contribution in [0.25, 0.3) is 0 Å². The molecule has 2 amide bonds. The molecule has 4 rings (SSSR count). The van der Waals surface area contributed by atoms with E-state index in [-0.39, 0.29) is 47.7 Å². The lowest BCUT2D eigenvalue weighted by molar-refractivity contribution is -0.123. The van der Waals surface area contributed by atoms with E-state index in [0.717, 1.165) is 16.9 Å². The van der Waals surface area contributed by atoms with Crippen LogP contribution in [0.5, 0.6) is 5.75 Å². The van der Waals surface area contributed by atoms with Gasteiger partial charge in [0.05, 0.1) is 30.6 Å². The molecule has 0 radical (unpaired) electrons. The Labute approximate surface area is 281 Å². The number of thiophene rings is 1. The largest absolute Gasteiger partial charge is 0.484 e. The number of carbonyl (C=O) groups excluding carboxylic acids is 4. The normalized spacial score (nSPS) is 11.4. The molecule has 0 spiro atoms. The molecular formula is C33H37N5O7S2. The lowest BCUT2D eigenvalue weighted by Crippen LogP contribution is -2.30. The fourth-order valence-electron chi connectivity index (χ4n) is 4.41. The summed E-state index contributed by atoms with van der Waals surface area (Å²) in [5.74, 6) is -0.859. The highest BCUT2D eigenvalue weighted by atomic mass is 32.2. The van der Waals surface area contributed by atoms with Crippen molar-refractivity contribution in [1.29, 1.82) is 0 Å². The predicted molar refractivity (Wildman–Crippen MR) is 179 cm³/mol. The van der Waals surface area contributed by atoms with E-state index >= 15 is 0 Å². The molecule has 248 valence electrons. The molecule has 2 heterocycles. The standard InChI is InChI=1S/C33H37N5O7S2/c1-5-43-31(41)27-21(3)28(32(42)44-6-2)47-30(27)35-29(40)22(4)46-33-37-36-25(38(33)18-17-23-13-9-7-10-14-23)19-34-26(39)20-45-24-15-11-8-12-16-24/h7-16,22H,5-6,17-20H2,1-4H3,(H,34,39)(H,35,40)/t22-/m1/s1. The molecule has 2 aromatic heterocycles. The quantitative estimate of drug-likeness (QED) is 0.122. The minimum atomic E-state index is -0.681. The highest BCUT2D eigenvalue weighted by molar-refractivity contribution is 8.00. The Balaban J connectivity index is 1.49. The molecule has 0 unspecified atom stereocenters. The van der Waals surface area contributed by atoms with Crippen molar-refractivity contribution in [3.8, 4) is 5.75 Å². The van der Waals surface area contributed by atoms with Gasteiger partial charge in [-0.1, -0.05) is 60.3 Å². The minimum Gasteiger partial charge on any atom is -0.484 e. The maximum Gasteiger partial charge on any atom is 0.348 e. The number of esters is 2. The Kier molecular flexibility index (Phi) is 12.9. The van der Waals surface area contributed by atoms with Crippen molar-refractivity contribution in [1.82, 2.24) is 20.1 Å². The van der Waals surface area contributed by atoms with Crippen LogP contribution in [-0.4, -0.2) is 63.6 Å². The first kappa shape index (κ1) is 35.2. The molecule has 0 aliphatic carbocycles. The first-order chi connectivity index (χ1) is 22.7. The average molecular weight is 680 g/mol. The summed E-state index contributed by atoms with van der Waals surface area (Å²) in [6.07, 6.45) is 0.666. The second-order valence-corrected chi connectivity index (χ2v) is 12.4. The fourth-order valence-corrected chi connectivity index (χ4v) is 6.39. The zero-order chi connectivity index (χ0) is 33.8. The Morgan fingerprint density at radius 2 is 1.60 bits per heavy atom. The van der Waals surface area contributed by atoms with Gasteiger partial charge >= 0.3 is 11.9 Å². The number of para-hydroxylation sites is 1. The van der Waals surface area contributed by atoms with Crippen LogP contribution in [0.3, 0.4) is 0 Å². The number of ether oxygens (including phenoxy) is 3. The van der Waals surface area contributed by atoms with Gasteiger partial charge in [-0.05, 0) is 57.4 Å². The molecule has 1 atom stereocenters. The molecule has 4 aromatic rings. The summed E-state index contributed by atoms with van der Waals surface area (Å²) in [7, 11) is 0. The number of thioether (sulfide) groups is 1. The third-order valence-electron chi connectivity index (χ3n) is 6.79. The van der Waals surface area contributed by atoms with E-state index in [2.05, 4.69) is 20.8 Å². The summed E-state index contributed by atoms with van der Waals surface area (Å²) in [6, 6.07) is 18.9. The Bertz CT molecular complexity index is 1680. The molecular weight excluding hydrogens is 643 g/mol. The van der Waals surface area contributed by atoms with Crippen molar-refractivity contribution in [2.75, 3.05) is 25.1 Å². The lowest BCUT2D eigenvalue weighted by atomic mass is 10.1. The molecule has 2 N–H and O–H groups in total. The number of rotatable bonds is 16. The van der Waals surface area contributed by atoms with Gasteiger partial charge in [0.25, 0.3) is 5.91 Å². The Morgan fingerprint density at radius 1 is 0.936 bits per heavy atom. The second-order valence-electron chi connectivity index (χ2n) is 10.1. The molecule has 0 aliphatic heterocycles. The first-order valence-electron chi connectivity index (χ1n) is 15.1. The van der Waals surface area contributed by atoms with Gasteiger partial charge in [-0.15, -0.1) is 21.5 Å². The second kappa shape index (κ2) is 17.3. The van der Waals surface area contributed by atoms with Crippen molar-refractivity contribution < 1.29 is 33.4 Å². The highest BCUT2D eigenvalue weighted by Gasteiger charge is 2.29. The fraction of sp³-hybridized carbons (Fsp3) is 0.333. The van der Waals surface area contributed by atoms with Crippen LogP contribution in [0, 0.1) is 6.92 Å². The van der Waals surface area contributed by atoms with Gasteiger partial charge in [-0.2, -0.15) is 0 Å².